The molecule has 0 bridgehead atoms. The molecule has 0 aromatic carbocycles. The average Bonchev–Trinajstić information content (AvgIpc) is 2.84. The minimum Gasteiger partial charge on any atom is -0.381 e. The summed E-state index contributed by atoms with van der Waals surface area (Å²) in [6.45, 7) is 1.89. The first-order valence-corrected chi connectivity index (χ1v) is 6.51. The maximum atomic E-state index is 11.6. The number of ether oxygens (including phenoxy) is 1. The zero-order valence-electron chi connectivity index (χ0n) is 8.16. The topological polar surface area (TPSA) is 38.3 Å². The molecule has 1 fully saturated rings. The number of amides is 1. The predicted octanol–water partition coefficient (Wildman–Crippen LogP) is 2.16. The summed E-state index contributed by atoms with van der Waals surface area (Å²) in [4.78, 5) is 11.6. The number of carbonyl (C=O) groups excluding carboxylic acids is 1. The summed E-state index contributed by atoms with van der Waals surface area (Å²) < 4.78 is 6.26. The standard InChI is InChI=1S/C10H12BrNO2S/c11-9-3-7(6-15-9)4-12-10(13)8-1-2-14-5-8/h3,6,8H,1-2,4-5H2,(H,12,13). The molecule has 0 saturated carbocycles. The molecule has 1 saturated heterocycles. The maximum absolute atomic E-state index is 11.6. The van der Waals surface area contributed by atoms with Crippen LogP contribution in [0.5, 0.6) is 0 Å². The maximum Gasteiger partial charge on any atom is 0.225 e. The number of carbonyl (C=O) groups is 1. The minimum absolute atomic E-state index is 0.0482. The van der Waals surface area contributed by atoms with Gasteiger partial charge < -0.3 is 10.1 Å². The Balaban J connectivity index is 1.80. The van der Waals surface area contributed by atoms with Crippen LogP contribution in [0.15, 0.2) is 15.2 Å². The molecule has 2 rings (SSSR count). The van der Waals surface area contributed by atoms with Gasteiger partial charge in [0.25, 0.3) is 0 Å². The highest BCUT2D eigenvalue weighted by Crippen LogP contribution is 2.20. The van der Waals surface area contributed by atoms with Crippen molar-refractivity contribution in [3.63, 3.8) is 0 Å². The van der Waals surface area contributed by atoms with Gasteiger partial charge in [0, 0.05) is 13.2 Å². The third-order valence-corrected chi connectivity index (χ3v) is 3.94. The first kappa shape index (κ1) is 11.1. The van der Waals surface area contributed by atoms with Gasteiger partial charge in [-0.3, -0.25) is 4.79 Å². The van der Waals surface area contributed by atoms with Crippen molar-refractivity contribution in [1.82, 2.24) is 5.32 Å². The predicted molar refractivity (Wildman–Crippen MR) is 62.8 cm³/mol. The van der Waals surface area contributed by atoms with Crippen LogP contribution >= 0.6 is 27.3 Å². The van der Waals surface area contributed by atoms with Crippen LogP contribution in [0.1, 0.15) is 12.0 Å². The third-order valence-electron chi connectivity index (χ3n) is 2.39. The van der Waals surface area contributed by atoms with E-state index in [1.165, 1.54) is 0 Å². The van der Waals surface area contributed by atoms with Crippen LogP contribution in [0.2, 0.25) is 0 Å². The number of hydrogen-bond donors (Lipinski definition) is 1. The molecule has 1 aliphatic rings. The van der Waals surface area contributed by atoms with E-state index in [9.17, 15) is 4.79 Å². The van der Waals surface area contributed by atoms with Crippen molar-refractivity contribution in [2.24, 2.45) is 5.92 Å². The molecule has 0 spiro atoms. The first-order valence-electron chi connectivity index (χ1n) is 4.84. The van der Waals surface area contributed by atoms with Crippen molar-refractivity contribution in [3.8, 4) is 0 Å². The van der Waals surface area contributed by atoms with E-state index < -0.39 is 0 Å². The number of halogens is 1. The second-order valence-corrected chi connectivity index (χ2v) is 5.83. The molecule has 15 heavy (non-hydrogen) atoms. The van der Waals surface area contributed by atoms with Crippen molar-refractivity contribution in [2.45, 2.75) is 13.0 Å². The van der Waals surface area contributed by atoms with Gasteiger partial charge in [-0.05, 0) is 39.4 Å². The van der Waals surface area contributed by atoms with Crippen LogP contribution < -0.4 is 5.32 Å². The molecule has 1 unspecified atom stereocenters. The van der Waals surface area contributed by atoms with Crippen LogP contribution in [-0.4, -0.2) is 19.1 Å². The van der Waals surface area contributed by atoms with Gasteiger partial charge in [0.05, 0.1) is 16.3 Å². The molecule has 1 aromatic heterocycles. The lowest BCUT2D eigenvalue weighted by atomic mass is 10.1. The number of nitrogens with one attached hydrogen (secondary N) is 1. The number of thiophene rings is 1. The Labute approximate surface area is 101 Å². The van der Waals surface area contributed by atoms with Crippen molar-refractivity contribution in [3.05, 3.63) is 20.8 Å². The zero-order chi connectivity index (χ0) is 10.7. The molecule has 1 aliphatic heterocycles. The molecule has 1 aromatic rings. The number of hydrogen-bond acceptors (Lipinski definition) is 3. The molecule has 5 heteroatoms. The largest absolute Gasteiger partial charge is 0.381 e. The summed E-state index contributed by atoms with van der Waals surface area (Å²) in [6, 6.07) is 2.02. The quantitative estimate of drug-likeness (QED) is 0.926. The lowest BCUT2D eigenvalue weighted by Crippen LogP contribution is -2.30. The highest BCUT2D eigenvalue weighted by Gasteiger charge is 2.22. The minimum atomic E-state index is 0.0482. The van der Waals surface area contributed by atoms with Crippen LogP contribution in [0, 0.1) is 5.92 Å². The second-order valence-electron chi connectivity index (χ2n) is 3.54. The van der Waals surface area contributed by atoms with Crippen molar-refractivity contribution in [1.29, 1.82) is 0 Å². The number of rotatable bonds is 3. The molecule has 2 heterocycles. The molecule has 82 valence electrons. The Morgan fingerprint density at radius 1 is 1.73 bits per heavy atom. The second kappa shape index (κ2) is 5.09. The van der Waals surface area contributed by atoms with Crippen molar-refractivity contribution >= 4 is 33.2 Å². The van der Waals surface area contributed by atoms with Crippen LogP contribution in [0.3, 0.4) is 0 Å². The van der Waals surface area contributed by atoms with Crippen LogP contribution in [0.4, 0.5) is 0 Å². The van der Waals surface area contributed by atoms with E-state index in [0.717, 1.165) is 15.8 Å². The van der Waals surface area contributed by atoms with Crippen molar-refractivity contribution in [2.75, 3.05) is 13.2 Å². The summed E-state index contributed by atoms with van der Waals surface area (Å²) in [5.74, 6) is 0.155. The van der Waals surface area contributed by atoms with Gasteiger partial charge in [0.15, 0.2) is 0 Å². The Morgan fingerprint density at radius 3 is 3.20 bits per heavy atom. The van der Waals surface area contributed by atoms with E-state index in [0.29, 0.717) is 19.8 Å². The van der Waals surface area contributed by atoms with E-state index in [4.69, 9.17) is 4.74 Å². The molecular weight excluding hydrogens is 278 g/mol. The van der Waals surface area contributed by atoms with Crippen LogP contribution in [0.25, 0.3) is 0 Å². The average molecular weight is 290 g/mol. The van der Waals surface area contributed by atoms with E-state index in [1.54, 1.807) is 11.3 Å². The monoisotopic (exact) mass is 289 g/mol. The molecular formula is C10H12BrNO2S. The van der Waals surface area contributed by atoms with E-state index in [1.807, 2.05) is 11.4 Å². The van der Waals surface area contributed by atoms with E-state index >= 15 is 0 Å². The fourth-order valence-electron chi connectivity index (χ4n) is 1.51. The highest BCUT2D eigenvalue weighted by atomic mass is 79.9. The lowest BCUT2D eigenvalue weighted by molar-refractivity contribution is -0.125. The molecule has 3 nitrogen and oxygen atoms in total. The normalized spacial score (nSPS) is 20.5. The molecule has 1 N–H and O–H groups in total. The molecule has 0 radical (unpaired) electrons. The Kier molecular flexibility index (Phi) is 3.77. The van der Waals surface area contributed by atoms with Crippen LogP contribution in [-0.2, 0) is 16.1 Å². The summed E-state index contributed by atoms with van der Waals surface area (Å²) in [5.41, 5.74) is 1.14. The smallest absolute Gasteiger partial charge is 0.225 e. The highest BCUT2D eigenvalue weighted by molar-refractivity contribution is 9.11. The SMILES string of the molecule is O=C(NCc1csc(Br)c1)C1CCOC1. The summed E-state index contributed by atoms with van der Waals surface area (Å²) in [7, 11) is 0. The molecule has 1 amide bonds. The van der Waals surface area contributed by atoms with Gasteiger partial charge in [-0.1, -0.05) is 0 Å². The van der Waals surface area contributed by atoms with Gasteiger partial charge in [-0.25, -0.2) is 0 Å². The molecule has 0 aliphatic carbocycles. The Bertz CT molecular complexity index is 347. The Morgan fingerprint density at radius 2 is 2.60 bits per heavy atom. The van der Waals surface area contributed by atoms with Gasteiger partial charge in [0.2, 0.25) is 5.91 Å². The Hall–Kier alpha value is -0.390. The first-order chi connectivity index (χ1) is 7.25. The zero-order valence-corrected chi connectivity index (χ0v) is 10.6. The van der Waals surface area contributed by atoms with Gasteiger partial charge in [0.1, 0.15) is 0 Å². The van der Waals surface area contributed by atoms with Crippen molar-refractivity contribution < 1.29 is 9.53 Å². The lowest BCUT2D eigenvalue weighted by Gasteiger charge is -2.07. The van der Waals surface area contributed by atoms with Gasteiger partial charge in [-0.2, -0.15) is 0 Å². The van der Waals surface area contributed by atoms with E-state index in [-0.39, 0.29) is 11.8 Å². The third kappa shape index (κ3) is 3.03. The van der Waals surface area contributed by atoms with Gasteiger partial charge >= 0.3 is 0 Å². The van der Waals surface area contributed by atoms with Gasteiger partial charge in [-0.15, -0.1) is 11.3 Å². The fraction of sp³-hybridized carbons (Fsp3) is 0.500. The molecule has 1 atom stereocenters. The van der Waals surface area contributed by atoms with E-state index in [2.05, 4.69) is 21.2 Å². The summed E-state index contributed by atoms with van der Waals surface area (Å²) >= 11 is 5.02. The fourth-order valence-corrected chi connectivity index (χ4v) is 2.72. The summed E-state index contributed by atoms with van der Waals surface area (Å²) in [5, 5.41) is 4.96. The summed E-state index contributed by atoms with van der Waals surface area (Å²) in [6.07, 6.45) is 0.846.